The Hall–Kier alpha value is -1.83. The quantitative estimate of drug-likeness (QED) is 0.423. The molecule has 1 aromatic rings. The molecule has 1 heterocycles. The van der Waals surface area contributed by atoms with Gasteiger partial charge in [0.05, 0.1) is 0 Å². The Balaban J connectivity index is 0.000000343. The van der Waals surface area contributed by atoms with Crippen molar-refractivity contribution < 1.29 is 19.8 Å². The number of carboxylic acids is 2. The zero-order valence-corrected chi connectivity index (χ0v) is 18.6. The molecule has 1 aliphatic heterocycles. The van der Waals surface area contributed by atoms with Gasteiger partial charge in [-0.25, -0.2) is 9.59 Å². The highest BCUT2D eigenvalue weighted by atomic mass is 32.2. The molecule has 0 bridgehead atoms. The summed E-state index contributed by atoms with van der Waals surface area (Å²) in [6.45, 7) is 4.79. The number of hydrogen-bond acceptors (Lipinski definition) is 5. The van der Waals surface area contributed by atoms with Crippen molar-refractivity contribution in [2.24, 2.45) is 5.92 Å². The molecule has 1 atom stereocenters. The molecule has 1 saturated carbocycles. The van der Waals surface area contributed by atoms with Gasteiger partial charge < -0.3 is 15.5 Å². The number of rotatable bonds is 8. The van der Waals surface area contributed by atoms with Gasteiger partial charge >= 0.3 is 11.9 Å². The van der Waals surface area contributed by atoms with Gasteiger partial charge in [-0.15, -0.1) is 11.8 Å². The summed E-state index contributed by atoms with van der Waals surface area (Å²) < 4.78 is 0. The topological polar surface area (TPSA) is 89.9 Å². The van der Waals surface area contributed by atoms with Crippen molar-refractivity contribution in [1.82, 2.24) is 10.2 Å². The van der Waals surface area contributed by atoms with Crippen LogP contribution in [-0.2, 0) is 16.1 Å². The second kappa shape index (κ2) is 13.5. The van der Waals surface area contributed by atoms with Crippen LogP contribution in [0.2, 0.25) is 0 Å². The standard InChI is InChI=1S/C19H30N2S.C4H4O4/c1-22-19-10-6-5-9-17(19)15-21(18-11-12-20-13-18)14-16-7-3-2-4-8-16;5-3(6)1-2-4(7)8/h5-6,9-10,16,18,20H,2-4,7-8,11-15H2,1H3;1-2H,(H,5,6)(H,7,8)/b;2-1+/t18-;/m0./s1. The van der Waals surface area contributed by atoms with E-state index in [1.165, 1.54) is 68.6 Å². The van der Waals surface area contributed by atoms with Gasteiger partial charge in [0.2, 0.25) is 0 Å². The summed E-state index contributed by atoms with van der Waals surface area (Å²) in [5.41, 5.74) is 1.51. The van der Waals surface area contributed by atoms with E-state index in [1.54, 1.807) is 0 Å². The van der Waals surface area contributed by atoms with Gasteiger partial charge in [0.1, 0.15) is 0 Å². The average molecular weight is 435 g/mol. The van der Waals surface area contributed by atoms with E-state index in [1.807, 2.05) is 11.8 Å². The average Bonchev–Trinajstić information content (AvgIpc) is 3.28. The number of nitrogens with zero attached hydrogens (tertiary/aromatic N) is 1. The van der Waals surface area contributed by atoms with Crippen LogP contribution in [0.5, 0.6) is 0 Å². The Morgan fingerprint density at radius 2 is 1.77 bits per heavy atom. The maximum Gasteiger partial charge on any atom is 0.328 e. The normalized spacial score (nSPS) is 19.6. The van der Waals surface area contributed by atoms with Gasteiger partial charge in [0, 0.05) is 42.7 Å². The number of aliphatic carboxylic acids is 2. The van der Waals surface area contributed by atoms with Crippen LogP contribution >= 0.6 is 11.8 Å². The molecule has 2 aliphatic rings. The van der Waals surface area contributed by atoms with Crippen molar-refractivity contribution in [1.29, 1.82) is 0 Å². The van der Waals surface area contributed by atoms with Gasteiger partial charge in [-0.2, -0.15) is 0 Å². The number of hydrogen-bond donors (Lipinski definition) is 3. The van der Waals surface area contributed by atoms with E-state index in [9.17, 15) is 9.59 Å². The van der Waals surface area contributed by atoms with E-state index in [0.29, 0.717) is 12.2 Å². The summed E-state index contributed by atoms with van der Waals surface area (Å²) in [6.07, 6.45) is 11.9. The Bertz CT molecular complexity index is 682. The third-order valence-electron chi connectivity index (χ3n) is 5.70. The lowest BCUT2D eigenvalue weighted by Gasteiger charge is -2.34. The van der Waals surface area contributed by atoms with Crippen molar-refractivity contribution in [2.45, 2.75) is 56.0 Å². The van der Waals surface area contributed by atoms with Gasteiger partial charge in [-0.05, 0) is 49.6 Å². The summed E-state index contributed by atoms with van der Waals surface area (Å²) in [4.78, 5) is 23.3. The lowest BCUT2D eigenvalue weighted by atomic mass is 9.88. The van der Waals surface area contributed by atoms with E-state index < -0.39 is 11.9 Å². The molecular formula is C23H34N2O4S. The molecule has 6 nitrogen and oxygen atoms in total. The van der Waals surface area contributed by atoms with E-state index >= 15 is 0 Å². The Morgan fingerprint density at radius 1 is 1.10 bits per heavy atom. The fourth-order valence-corrected chi connectivity index (χ4v) is 4.80. The Morgan fingerprint density at radius 3 is 2.33 bits per heavy atom. The lowest BCUT2D eigenvalue weighted by Crippen LogP contribution is -2.40. The van der Waals surface area contributed by atoms with Gasteiger partial charge in [-0.3, -0.25) is 4.90 Å². The van der Waals surface area contributed by atoms with Crippen LogP contribution < -0.4 is 5.32 Å². The summed E-state index contributed by atoms with van der Waals surface area (Å²) >= 11 is 1.88. The maximum absolute atomic E-state index is 9.55. The molecular weight excluding hydrogens is 400 g/mol. The summed E-state index contributed by atoms with van der Waals surface area (Å²) in [7, 11) is 0. The first-order valence-corrected chi connectivity index (χ1v) is 11.9. The third kappa shape index (κ3) is 8.90. The number of thioether (sulfide) groups is 1. The molecule has 0 radical (unpaired) electrons. The first kappa shape index (κ1) is 24.4. The molecule has 7 heteroatoms. The van der Waals surface area contributed by atoms with Crippen LogP contribution in [0.25, 0.3) is 0 Å². The fourth-order valence-electron chi connectivity index (χ4n) is 4.19. The van der Waals surface area contributed by atoms with Crippen molar-refractivity contribution in [3.05, 3.63) is 42.0 Å². The number of carbonyl (C=O) groups is 2. The molecule has 2 fully saturated rings. The molecule has 1 aromatic carbocycles. The molecule has 0 spiro atoms. The SMILES string of the molecule is CSc1ccccc1CN(CC1CCCCC1)[C@H]1CCNC1.O=C(O)/C=C/C(=O)O. The maximum atomic E-state index is 9.55. The smallest absolute Gasteiger partial charge is 0.328 e. The molecule has 166 valence electrons. The Labute approximate surface area is 183 Å². The first-order valence-electron chi connectivity index (χ1n) is 10.7. The second-order valence-corrected chi connectivity index (χ2v) is 8.75. The number of benzene rings is 1. The molecule has 3 rings (SSSR count). The van der Waals surface area contributed by atoms with Crippen LogP contribution in [-0.4, -0.2) is 59.0 Å². The second-order valence-electron chi connectivity index (χ2n) is 7.90. The van der Waals surface area contributed by atoms with Gasteiger partial charge in [0.25, 0.3) is 0 Å². The Kier molecular flexibility index (Phi) is 11.0. The van der Waals surface area contributed by atoms with E-state index in [4.69, 9.17) is 10.2 Å². The van der Waals surface area contributed by atoms with Gasteiger partial charge in [0.15, 0.2) is 0 Å². The minimum Gasteiger partial charge on any atom is -0.478 e. The predicted molar refractivity (Wildman–Crippen MR) is 121 cm³/mol. The van der Waals surface area contributed by atoms with Crippen LogP contribution in [0.15, 0.2) is 41.3 Å². The summed E-state index contributed by atoms with van der Waals surface area (Å²) in [5.74, 6) is -1.59. The zero-order chi connectivity index (χ0) is 21.8. The van der Waals surface area contributed by atoms with E-state index in [2.05, 4.69) is 40.7 Å². The number of nitrogens with one attached hydrogen (secondary N) is 1. The van der Waals surface area contributed by atoms with Crippen LogP contribution in [0, 0.1) is 5.92 Å². The zero-order valence-electron chi connectivity index (χ0n) is 17.8. The highest BCUT2D eigenvalue weighted by Crippen LogP contribution is 2.28. The van der Waals surface area contributed by atoms with Crippen molar-refractivity contribution in [2.75, 3.05) is 25.9 Å². The van der Waals surface area contributed by atoms with Crippen LogP contribution in [0.4, 0.5) is 0 Å². The molecule has 0 unspecified atom stereocenters. The summed E-state index contributed by atoms with van der Waals surface area (Å²) in [6, 6.07) is 9.68. The van der Waals surface area contributed by atoms with Crippen LogP contribution in [0.1, 0.15) is 44.1 Å². The number of carboxylic acid groups (broad SMARTS) is 2. The van der Waals surface area contributed by atoms with E-state index in [0.717, 1.165) is 18.5 Å². The first-order chi connectivity index (χ1) is 14.5. The molecule has 1 saturated heterocycles. The highest BCUT2D eigenvalue weighted by molar-refractivity contribution is 7.98. The van der Waals surface area contributed by atoms with Crippen molar-refractivity contribution in [3.63, 3.8) is 0 Å². The molecule has 0 aromatic heterocycles. The van der Waals surface area contributed by atoms with Crippen molar-refractivity contribution in [3.8, 4) is 0 Å². The molecule has 1 aliphatic carbocycles. The van der Waals surface area contributed by atoms with Gasteiger partial charge in [-0.1, -0.05) is 37.5 Å². The van der Waals surface area contributed by atoms with Crippen LogP contribution in [0.3, 0.4) is 0 Å². The monoisotopic (exact) mass is 434 g/mol. The predicted octanol–water partition coefficient (Wildman–Crippen LogP) is 3.86. The molecule has 0 amide bonds. The lowest BCUT2D eigenvalue weighted by molar-refractivity contribution is -0.134. The van der Waals surface area contributed by atoms with Crippen molar-refractivity contribution >= 4 is 23.7 Å². The summed E-state index contributed by atoms with van der Waals surface area (Å²) in [5, 5.41) is 19.2. The fraction of sp³-hybridized carbons (Fsp3) is 0.565. The molecule has 3 N–H and O–H groups in total. The molecule has 30 heavy (non-hydrogen) atoms. The highest BCUT2D eigenvalue weighted by Gasteiger charge is 2.26. The largest absolute Gasteiger partial charge is 0.478 e. The third-order valence-corrected chi connectivity index (χ3v) is 6.54. The minimum atomic E-state index is -1.26. The minimum absolute atomic E-state index is 0.558. The van der Waals surface area contributed by atoms with E-state index in [-0.39, 0.29) is 0 Å².